The van der Waals surface area contributed by atoms with Gasteiger partial charge in [-0.2, -0.15) is 0 Å². The zero-order valence-electron chi connectivity index (χ0n) is 7.97. The molecule has 72 valence electrons. The van der Waals surface area contributed by atoms with E-state index in [1.807, 2.05) is 13.1 Å². The highest BCUT2D eigenvalue weighted by molar-refractivity contribution is 6.28. The fraction of sp³-hybridized carbons (Fsp3) is 0.556. The van der Waals surface area contributed by atoms with Crippen molar-refractivity contribution in [1.82, 2.24) is 9.97 Å². The molecule has 0 aliphatic heterocycles. The summed E-state index contributed by atoms with van der Waals surface area (Å²) in [6, 6.07) is 1.93. The second-order valence-electron chi connectivity index (χ2n) is 2.87. The highest BCUT2D eigenvalue weighted by Crippen LogP contribution is 2.11. The summed E-state index contributed by atoms with van der Waals surface area (Å²) in [7, 11) is 1.82. The lowest BCUT2D eigenvalue weighted by atomic mass is 10.2. The van der Waals surface area contributed by atoms with E-state index in [1.165, 1.54) is 0 Å². The van der Waals surface area contributed by atoms with Gasteiger partial charge in [-0.05, 0) is 24.4 Å². The van der Waals surface area contributed by atoms with Crippen molar-refractivity contribution in [1.29, 1.82) is 0 Å². The van der Waals surface area contributed by atoms with Gasteiger partial charge in [0.25, 0.3) is 0 Å². The van der Waals surface area contributed by atoms with Crippen LogP contribution >= 0.6 is 11.6 Å². The molecule has 1 aromatic heterocycles. The van der Waals surface area contributed by atoms with Crippen LogP contribution in [0, 0.1) is 0 Å². The Balaban J connectivity index is 2.76. The Bertz CT molecular complexity index is 276. The molecule has 1 N–H and O–H groups in total. The number of anilines is 1. The van der Waals surface area contributed by atoms with Gasteiger partial charge in [0.15, 0.2) is 0 Å². The first-order chi connectivity index (χ1) is 6.26. The van der Waals surface area contributed by atoms with Crippen LogP contribution in [-0.4, -0.2) is 17.0 Å². The first-order valence-corrected chi connectivity index (χ1v) is 4.85. The average Bonchev–Trinajstić information content (AvgIpc) is 2.14. The van der Waals surface area contributed by atoms with Crippen LogP contribution in [-0.2, 0) is 6.42 Å². The molecule has 4 heteroatoms. The smallest absolute Gasteiger partial charge is 0.224 e. The van der Waals surface area contributed by atoms with Crippen LogP contribution in [0.1, 0.15) is 25.5 Å². The zero-order chi connectivity index (χ0) is 9.68. The molecule has 0 radical (unpaired) electrons. The molecular weight excluding hydrogens is 186 g/mol. The van der Waals surface area contributed by atoms with Gasteiger partial charge < -0.3 is 5.32 Å². The van der Waals surface area contributed by atoms with Gasteiger partial charge in [-0.25, -0.2) is 9.97 Å². The molecule has 0 saturated carbocycles. The number of hydrogen-bond acceptors (Lipinski definition) is 3. The van der Waals surface area contributed by atoms with Gasteiger partial charge in [0.05, 0.1) is 0 Å². The summed E-state index contributed by atoms with van der Waals surface area (Å²) >= 11 is 5.75. The standard InChI is InChI=1S/C9H14ClN3/c1-3-4-5-7-6-8(11-2)13-9(10)12-7/h6H,3-5H2,1-2H3,(H,11,12,13). The molecule has 0 saturated heterocycles. The lowest BCUT2D eigenvalue weighted by molar-refractivity contribution is 0.774. The molecule has 0 aliphatic carbocycles. The summed E-state index contributed by atoms with van der Waals surface area (Å²) < 4.78 is 0. The highest BCUT2D eigenvalue weighted by atomic mass is 35.5. The maximum absolute atomic E-state index is 5.75. The van der Waals surface area contributed by atoms with Crippen LogP contribution in [0.15, 0.2) is 6.07 Å². The first kappa shape index (κ1) is 10.3. The third-order valence-corrected chi connectivity index (χ3v) is 1.96. The van der Waals surface area contributed by atoms with Crippen molar-refractivity contribution in [3.8, 4) is 0 Å². The van der Waals surface area contributed by atoms with E-state index in [2.05, 4.69) is 22.2 Å². The third-order valence-electron chi connectivity index (χ3n) is 1.79. The molecule has 13 heavy (non-hydrogen) atoms. The maximum Gasteiger partial charge on any atom is 0.224 e. The van der Waals surface area contributed by atoms with Gasteiger partial charge in [-0.3, -0.25) is 0 Å². The number of unbranched alkanes of at least 4 members (excludes halogenated alkanes) is 1. The molecule has 0 bridgehead atoms. The number of aromatic nitrogens is 2. The van der Waals surface area contributed by atoms with Gasteiger partial charge in [0.2, 0.25) is 5.28 Å². The number of nitrogens with zero attached hydrogens (tertiary/aromatic N) is 2. The molecule has 0 aromatic carbocycles. The van der Waals surface area contributed by atoms with E-state index in [9.17, 15) is 0 Å². The van der Waals surface area contributed by atoms with E-state index < -0.39 is 0 Å². The van der Waals surface area contributed by atoms with E-state index in [-0.39, 0.29) is 0 Å². The monoisotopic (exact) mass is 199 g/mol. The van der Waals surface area contributed by atoms with Crippen LogP contribution < -0.4 is 5.32 Å². The second kappa shape index (κ2) is 5.02. The molecule has 1 rings (SSSR count). The first-order valence-electron chi connectivity index (χ1n) is 4.47. The van der Waals surface area contributed by atoms with Gasteiger partial charge in [0.1, 0.15) is 5.82 Å². The number of aryl methyl sites for hydroxylation is 1. The van der Waals surface area contributed by atoms with Crippen molar-refractivity contribution in [3.63, 3.8) is 0 Å². The fourth-order valence-corrected chi connectivity index (χ4v) is 1.28. The van der Waals surface area contributed by atoms with Crippen LogP contribution in [0.5, 0.6) is 0 Å². The van der Waals surface area contributed by atoms with Crippen LogP contribution in [0.3, 0.4) is 0 Å². The molecule has 0 atom stereocenters. The number of halogens is 1. The zero-order valence-corrected chi connectivity index (χ0v) is 8.73. The number of hydrogen-bond donors (Lipinski definition) is 1. The van der Waals surface area contributed by atoms with Crippen molar-refractivity contribution in [2.75, 3.05) is 12.4 Å². The van der Waals surface area contributed by atoms with Crippen molar-refractivity contribution in [2.45, 2.75) is 26.2 Å². The molecule has 1 heterocycles. The van der Waals surface area contributed by atoms with E-state index in [4.69, 9.17) is 11.6 Å². The van der Waals surface area contributed by atoms with Crippen LogP contribution in [0.4, 0.5) is 5.82 Å². The predicted molar refractivity (Wildman–Crippen MR) is 55.2 cm³/mol. The second-order valence-corrected chi connectivity index (χ2v) is 3.21. The van der Waals surface area contributed by atoms with Gasteiger partial charge in [-0.1, -0.05) is 13.3 Å². The molecule has 1 aromatic rings. The van der Waals surface area contributed by atoms with E-state index in [0.29, 0.717) is 5.28 Å². The molecular formula is C9H14ClN3. The average molecular weight is 200 g/mol. The molecule has 0 fully saturated rings. The minimum Gasteiger partial charge on any atom is -0.373 e. The summed E-state index contributed by atoms with van der Waals surface area (Å²) in [6.07, 6.45) is 3.26. The Kier molecular flexibility index (Phi) is 3.96. The van der Waals surface area contributed by atoms with Crippen molar-refractivity contribution >= 4 is 17.4 Å². The minimum atomic E-state index is 0.318. The summed E-state index contributed by atoms with van der Waals surface area (Å²) in [6.45, 7) is 2.15. The normalized spacial score (nSPS) is 10.1. The lowest BCUT2D eigenvalue weighted by Crippen LogP contribution is -1.98. The van der Waals surface area contributed by atoms with E-state index in [1.54, 1.807) is 0 Å². The fourth-order valence-electron chi connectivity index (χ4n) is 1.08. The Morgan fingerprint density at radius 2 is 2.23 bits per heavy atom. The number of rotatable bonds is 4. The van der Waals surface area contributed by atoms with Crippen molar-refractivity contribution in [3.05, 3.63) is 17.0 Å². The largest absolute Gasteiger partial charge is 0.373 e. The summed E-state index contributed by atoms with van der Waals surface area (Å²) in [4.78, 5) is 8.14. The summed E-state index contributed by atoms with van der Waals surface area (Å²) in [5.74, 6) is 0.783. The Morgan fingerprint density at radius 3 is 2.85 bits per heavy atom. The highest BCUT2D eigenvalue weighted by Gasteiger charge is 2.00. The van der Waals surface area contributed by atoms with Gasteiger partial charge in [0, 0.05) is 18.8 Å². The predicted octanol–water partition coefficient (Wildman–Crippen LogP) is 2.51. The van der Waals surface area contributed by atoms with Crippen molar-refractivity contribution < 1.29 is 0 Å². The Morgan fingerprint density at radius 1 is 1.46 bits per heavy atom. The minimum absolute atomic E-state index is 0.318. The quantitative estimate of drug-likeness (QED) is 0.758. The molecule has 0 aliphatic rings. The SMILES string of the molecule is CCCCc1cc(NC)nc(Cl)n1. The van der Waals surface area contributed by atoms with E-state index in [0.717, 1.165) is 30.8 Å². The third kappa shape index (κ3) is 3.19. The molecule has 3 nitrogen and oxygen atoms in total. The van der Waals surface area contributed by atoms with Crippen LogP contribution in [0.25, 0.3) is 0 Å². The van der Waals surface area contributed by atoms with Crippen LogP contribution in [0.2, 0.25) is 5.28 Å². The Labute approximate surface area is 83.5 Å². The molecule has 0 unspecified atom stereocenters. The van der Waals surface area contributed by atoms with Gasteiger partial charge in [-0.15, -0.1) is 0 Å². The maximum atomic E-state index is 5.75. The Hall–Kier alpha value is -0.830. The van der Waals surface area contributed by atoms with E-state index >= 15 is 0 Å². The topological polar surface area (TPSA) is 37.8 Å². The number of nitrogens with one attached hydrogen (secondary N) is 1. The van der Waals surface area contributed by atoms with Gasteiger partial charge >= 0.3 is 0 Å². The summed E-state index contributed by atoms with van der Waals surface area (Å²) in [5.41, 5.74) is 1.01. The molecule has 0 spiro atoms. The summed E-state index contributed by atoms with van der Waals surface area (Å²) in [5, 5.41) is 3.27. The molecule has 0 amide bonds. The lowest BCUT2D eigenvalue weighted by Gasteiger charge is -2.03. The van der Waals surface area contributed by atoms with Crippen molar-refractivity contribution in [2.24, 2.45) is 0 Å².